The summed E-state index contributed by atoms with van der Waals surface area (Å²) >= 11 is 0. The SMILES string of the molecule is CCCc1cc(-n2nncc2-c2ccc3c(c2)OCCO3)c(O)cc1OC. The molecule has 0 aliphatic carbocycles. The molecule has 140 valence electrons. The lowest BCUT2D eigenvalue weighted by Gasteiger charge is -2.19. The number of rotatable bonds is 5. The predicted molar refractivity (Wildman–Crippen MR) is 100.0 cm³/mol. The fraction of sp³-hybridized carbons (Fsp3) is 0.300. The first-order chi connectivity index (χ1) is 13.2. The minimum Gasteiger partial charge on any atom is -0.506 e. The van der Waals surface area contributed by atoms with E-state index in [4.69, 9.17) is 14.2 Å². The predicted octanol–water partition coefficient (Wildman–Crippen LogP) is 3.37. The summed E-state index contributed by atoms with van der Waals surface area (Å²) in [5.74, 6) is 2.16. The number of aromatic hydroxyl groups is 1. The van der Waals surface area contributed by atoms with Crippen LogP contribution in [0.2, 0.25) is 0 Å². The van der Waals surface area contributed by atoms with Crippen molar-refractivity contribution >= 4 is 0 Å². The fourth-order valence-corrected chi connectivity index (χ4v) is 3.24. The number of nitrogens with zero attached hydrogens (tertiary/aromatic N) is 3. The van der Waals surface area contributed by atoms with Crippen LogP contribution in [0.4, 0.5) is 0 Å². The molecule has 0 saturated carbocycles. The second-order valence-electron chi connectivity index (χ2n) is 6.29. The van der Waals surface area contributed by atoms with Gasteiger partial charge in [-0.25, -0.2) is 4.68 Å². The highest BCUT2D eigenvalue weighted by Crippen LogP contribution is 2.37. The Morgan fingerprint density at radius 1 is 1.15 bits per heavy atom. The molecule has 1 aliphatic heterocycles. The van der Waals surface area contributed by atoms with Crippen LogP contribution >= 0.6 is 0 Å². The average molecular weight is 367 g/mol. The first-order valence-corrected chi connectivity index (χ1v) is 8.92. The van der Waals surface area contributed by atoms with E-state index in [1.807, 2.05) is 24.3 Å². The van der Waals surface area contributed by atoms with Gasteiger partial charge in [-0.2, -0.15) is 0 Å². The molecular weight excluding hydrogens is 346 g/mol. The van der Waals surface area contributed by atoms with Gasteiger partial charge in [-0.1, -0.05) is 18.6 Å². The molecule has 4 rings (SSSR count). The first kappa shape index (κ1) is 17.2. The van der Waals surface area contributed by atoms with Crippen LogP contribution in [0, 0.1) is 0 Å². The maximum Gasteiger partial charge on any atom is 0.162 e. The third-order valence-electron chi connectivity index (χ3n) is 4.51. The Balaban J connectivity index is 1.79. The normalized spacial score (nSPS) is 12.8. The van der Waals surface area contributed by atoms with Crippen molar-refractivity contribution in [2.75, 3.05) is 20.3 Å². The molecule has 3 aromatic rings. The third-order valence-corrected chi connectivity index (χ3v) is 4.51. The van der Waals surface area contributed by atoms with Crippen LogP contribution < -0.4 is 14.2 Å². The number of phenolic OH excluding ortho intramolecular Hbond substituents is 1. The van der Waals surface area contributed by atoms with Crippen molar-refractivity contribution in [1.29, 1.82) is 0 Å². The molecule has 0 saturated heterocycles. The largest absolute Gasteiger partial charge is 0.506 e. The number of hydrogen-bond acceptors (Lipinski definition) is 6. The molecule has 2 heterocycles. The molecule has 27 heavy (non-hydrogen) atoms. The van der Waals surface area contributed by atoms with Crippen LogP contribution in [-0.4, -0.2) is 40.4 Å². The van der Waals surface area contributed by atoms with Gasteiger partial charge >= 0.3 is 0 Å². The van der Waals surface area contributed by atoms with Gasteiger partial charge in [0.15, 0.2) is 11.5 Å². The van der Waals surface area contributed by atoms with Gasteiger partial charge in [0.1, 0.15) is 30.4 Å². The molecule has 7 nitrogen and oxygen atoms in total. The van der Waals surface area contributed by atoms with Crippen LogP contribution in [0.1, 0.15) is 18.9 Å². The smallest absolute Gasteiger partial charge is 0.162 e. The van der Waals surface area contributed by atoms with Crippen molar-refractivity contribution in [1.82, 2.24) is 15.0 Å². The van der Waals surface area contributed by atoms with Crippen molar-refractivity contribution in [3.05, 3.63) is 42.1 Å². The molecule has 1 aromatic heterocycles. The summed E-state index contributed by atoms with van der Waals surface area (Å²) in [6.07, 6.45) is 3.46. The van der Waals surface area contributed by atoms with Crippen molar-refractivity contribution in [2.24, 2.45) is 0 Å². The summed E-state index contributed by atoms with van der Waals surface area (Å²) in [6.45, 7) is 3.17. The lowest BCUT2D eigenvalue weighted by molar-refractivity contribution is 0.171. The van der Waals surface area contributed by atoms with E-state index in [9.17, 15) is 5.11 Å². The molecular formula is C20H21N3O4. The molecule has 0 radical (unpaired) electrons. The quantitative estimate of drug-likeness (QED) is 0.745. The monoisotopic (exact) mass is 367 g/mol. The Morgan fingerprint density at radius 2 is 1.96 bits per heavy atom. The highest BCUT2D eigenvalue weighted by molar-refractivity contribution is 5.67. The molecule has 0 atom stereocenters. The Morgan fingerprint density at radius 3 is 2.74 bits per heavy atom. The zero-order valence-electron chi connectivity index (χ0n) is 15.3. The number of methoxy groups -OCH3 is 1. The number of hydrogen-bond donors (Lipinski definition) is 1. The second kappa shape index (κ2) is 7.19. The van der Waals surface area contributed by atoms with Gasteiger partial charge in [0, 0.05) is 11.6 Å². The molecule has 7 heteroatoms. The Kier molecular flexibility index (Phi) is 4.58. The lowest BCUT2D eigenvalue weighted by atomic mass is 10.1. The van der Waals surface area contributed by atoms with Gasteiger partial charge in [-0.05, 0) is 36.2 Å². The number of benzene rings is 2. The van der Waals surface area contributed by atoms with Gasteiger partial charge in [-0.3, -0.25) is 0 Å². The van der Waals surface area contributed by atoms with Crippen molar-refractivity contribution in [2.45, 2.75) is 19.8 Å². The minimum atomic E-state index is 0.0796. The van der Waals surface area contributed by atoms with E-state index in [2.05, 4.69) is 17.2 Å². The summed E-state index contributed by atoms with van der Waals surface area (Å²) in [7, 11) is 1.60. The zero-order chi connectivity index (χ0) is 18.8. The molecule has 1 aliphatic rings. The summed E-state index contributed by atoms with van der Waals surface area (Å²) in [5.41, 5.74) is 3.18. The van der Waals surface area contributed by atoms with Crippen LogP contribution in [0.5, 0.6) is 23.0 Å². The summed E-state index contributed by atoms with van der Waals surface area (Å²) in [5, 5.41) is 18.8. The molecule has 0 unspecified atom stereocenters. The number of aryl methyl sites for hydroxylation is 1. The van der Waals surface area contributed by atoms with Gasteiger partial charge in [0.25, 0.3) is 0 Å². The lowest BCUT2D eigenvalue weighted by Crippen LogP contribution is -2.15. The third kappa shape index (κ3) is 3.16. The molecule has 1 N–H and O–H groups in total. The van der Waals surface area contributed by atoms with E-state index in [0.29, 0.717) is 30.4 Å². The van der Waals surface area contributed by atoms with Crippen molar-refractivity contribution < 1.29 is 19.3 Å². The maximum absolute atomic E-state index is 10.5. The van der Waals surface area contributed by atoms with E-state index in [0.717, 1.165) is 35.4 Å². The van der Waals surface area contributed by atoms with Crippen LogP contribution in [0.25, 0.3) is 16.9 Å². The van der Waals surface area contributed by atoms with Gasteiger partial charge in [0.05, 0.1) is 19.0 Å². The molecule has 0 spiro atoms. The molecule has 0 fully saturated rings. The second-order valence-corrected chi connectivity index (χ2v) is 6.29. The van der Waals surface area contributed by atoms with Crippen LogP contribution in [0.15, 0.2) is 36.5 Å². The zero-order valence-corrected chi connectivity index (χ0v) is 15.3. The first-order valence-electron chi connectivity index (χ1n) is 8.92. The summed E-state index contributed by atoms with van der Waals surface area (Å²) in [6, 6.07) is 9.22. The number of aromatic nitrogens is 3. The fourth-order valence-electron chi connectivity index (χ4n) is 3.24. The number of ether oxygens (including phenoxy) is 3. The molecule has 0 amide bonds. The van der Waals surface area contributed by atoms with E-state index in [1.54, 1.807) is 24.1 Å². The standard InChI is InChI=1S/C20H21N3O4/c1-3-4-14-9-15(17(24)11-19(14)25-2)23-16(12-21-22-23)13-5-6-18-20(10-13)27-8-7-26-18/h5-6,9-12,24H,3-4,7-8H2,1-2H3. The van der Waals surface area contributed by atoms with Gasteiger partial charge < -0.3 is 19.3 Å². The topological polar surface area (TPSA) is 78.6 Å². The van der Waals surface area contributed by atoms with Gasteiger partial charge in [-0.15, -0.1) is 5.10 Å². The number of fused-ring (bicyclic) bond motifs is 1. The highest BCUT2D eigenvalue weighted by Gasteiger charge is 2.18. The minimum absolute atomic E-state index is 0.0796. The van der Waals surface area contributed by atoms with Crippen LogP contribution in [-0.2, 0) is 6.42 Å². The van der Waals surface area contributed by atoms with Crippen LogP contribution in [0.3, 0.4) is 0 Å². The van der Waals surface area contributed by atoms with E-state index in [1.165, 1.54) is 0 Å². The van der Waals surface area contributed by atoms with E-state index in [-0.39, 0.29) is 5.75 Å². The van der Waals surface area contributed by atoms with Gasteiger partial charge in [0.2, 0.25) is 0 Å². The number of phenols is 1. The maximum atomic E-state index is 10.5. The van der Waals surface area contributed by atoms with Crippen molar-refractivity contribution in [3.8, 4) is 39.9 Å². The van der Waals surface area contributed by atoms with E-state index < -0.39 is 0 Å². The Bertz CT molecular complexity index is 968. The van der Waals surface area contributed by atoms with E-state index >= 15 is 0 Å². The highest BCUT2D eigenvalue weighted by atomic mass is 16.6. The Labute approximate surface area is 157 Å². The average Bonchev–Trinajstić information content (AvgIpc) is 3.18. The molecule has 2 aromatic carbocycles. The summed E-state index contributed by atoms with van der Waals surface area (Å²) in [4.78, 5) is 0. The summed E-state index contributed by atoms with van der Waals surface area (Å²) < 4.78 is 18.3. The van der Waals surface area contributed by atoms with Crippen molar-refractivity contribution in [3.63, 3.8) is 0 Å². The molecule has 0 bridgehead atoms. The Hall–Kier alpha value is -3.22.